The zero-order valence-electron chi connectivity index (χ0n) is 11.3. The van der Waals surface area contributed by atoms with Crippen LogP contribution < -0.4 is 10.9 Å². The summed E-state index contributed by atoms with van der Waals surface area (Å²) >= 11 is 0. The van der Waals surface area contributed by atoms with Gasteiger partial charge < -0.3 is 10.4 Å². The second-order valence-electron chi connectivity index (χ2n) is 4.27. The first-order valence-electron chi connectivity index (χ1n) is 6.17. The van der Waals surface area contributed by atoms with E-state index in [1.54, 1.807) is 12.1 Å². The molecule has 2 rings (SSSR count). The first kappa shape index (κ1) is 14.5. The molecule has 0 fully saturated rings. The Morgan fingerprint density at radius 2 is 2.19 bits per heavy atom. The van der Waals surface area contributed by atoms with Crippen molar-refractivity contribution in [2.75, 3.05) is 11.9 Å². The van der Waals surface area contributed by atoms with Crippen LogP contribution in [0.25, 0.3) is 0 Å². The maximum Gasteiger partial charge on any atom is 0.276 e. The SMILES string of the molecule is Cc1ccc(NC(=O)c2ccc(=O)[nH]n2)c(C#CCO)c1. The van der Waals surface area contributed by atoms with Crippen LogP contribution in [0.5, 0.6) is 0 Å². The summed E-state index contributed by atoms with van der Waals surface area (Å²) in [6, 6.07) is 7.92. The molecule has 0 spiro atoms. The van der Waals surface area contributed by atoms with E-state index in [0.29, 0.717) is 11.3 Å². The quantitative estimate of drug-likeness (QED) is 0.706. The van der Waals surface area contributed by atoms with Gasteiger partial charge in [0.25, 0.3) is 11.5 Å². The number of aliphatic hydroxyl groups is 1. The Balaban J connectivity index is 2.28. The van der Waals surface area contributed by atoms with Crippen LogP contribution in [0, 0.1) is 18.8 Å². The molecule has 1 heterocycles. The second-order valence-corrected chi connectivity index (χ2v) is 4.27. The minimum atomic E-state index is -0.456. The fourth-order valence-electron chi connectivity index (χ4n) is 1.66. The van der Waals surface area contributed by atoms with Crippen LogP contribution in [0.4, 0.5) is 5.69 Å². The summed E-state index contributed by atoms with van der Waals surface area (Å²) in [7, 11) is 0. The van der Waals surface area contributed by atoms with Gasteiger partial charge in [0.15, 0.2) is 0 Å². The van der Waals surface area contributed by atoms with Gasteiger partial charge in [0.05, 0.1) is 5.69 Å². The Morgan fingerprint density at radius 1 is 1.38 bits per heavy atom. The van der Waals surface area contributed by atoms with Crippen LogP contribution in [0.1, 0.15) is 21.6 Å². The molecule has 1 aromatic carbocycles. The lowest BCUT2D eigenvalue weighted by Crippen LogP contribution is -2.18. The zero-order chi connectivity index (χ0) is 15.2. The van der Waals surface area contributed by atoms with E-state index in [0.717, 1.165) is 5.56 Å². The highest BCUT2D eigenvalue weighted by atomic mass is 16.2. The van der Waals surface area contributed by atoms with Gasteiger partial charge in [-0.25, -0.2) is 5.10 Å². The molecule has 1 aromatic heterocycles. The van der Waals surface area contributed by atoms with Crippen molar-refractivity contribution in [3.63, 3.8) is 0 Å². The lowest BCUT2D eigenvalue weighted by atomic mass is 10.1. The number of hydrogen-bond acceptors (Lipinski definition) is 4. The minimum absolute atomic E-state index is 0.0937. The number of aromatic nitrogens is 2. The molecule has 2 aromatic rings. The molecule has 0 saturated heterocycles. The normalized spacial score (nSPS) is 9.62. The molecule has 0 aliphatic heterocycles. The van der Waals surface area contributed by atoms with Gasteiger partial charge in [0.2, 0.25) is 0 Å². The number of H-pyrrole nitrogens is 1. The summed E-state index contributed by atoms with van der Waals surface area (Å²) in [5.74, 6) is 4.86. The number of carbonyl (C=O) groups is 1. The molecular formula is C15H13N3O3. The van der Waals surface area contributed by atoms with Gasteiger partial charge >= 0.3 is 0 Å². The zero-order valence-corrected chi connectivity index (χ0v) is 11.3. The number of rotatable bonds is 2. The Kier molecular flexibility index (Phi) is 4.49. The van der Waals surface area contributed by atoms with Gasteiger partial charge in [-0.2, -0.15) is 5.10 Å². The van der Waals surface area contributed by atoms with Gasteiger partial charge in [-0.1, -0.05) is 17.9 Å². The smallest absolute Gasteiger partial charge is 0.276 e. The molecule has 21 heavy (non-hydrogen) atoms. The Labute approximate surface area is 120 Å². The monoisotopic (exact) mass is 283 g/mol. The third kappa shape index (κ3) is 3.78. The fourth-order valence-corrected chi connectivity index (χ4v) is 1.66. The summed E-state index contributed by atoms with van der Waals surface area (Å²) in [6.07, 6.45) is 0. The number of nitrogens with zero attached hydrogens (tertiary/aromatic N) is 1. The highest BCUT2D eigenvalue weighted by Crippen LogP contribution is 2.17. The summed E-state index contributed by atoms with van der Waals surface area (Å²) in [4.78, 5) is 23.0. The lowest BCUT2D eigenvalue weighted by molar-refractivity contribution is 0.102. The van der Waals surface area contributed by atoms with Crippen molar-refractivity contribution < 1.29 is 9.90 Å². The number of anilines is 1. The van der Waals surface area contributed by atoms with Crippen molar-refractivity contribution >= 4 is 11.6 Å². The van der Waals surface area contributed by atoms with E-state index < -0.39 is 5.91 Å². The molecule has 0 aliphatic carbocycles. The molecule has 0 unspecified atom stereocenters. The fraction of sp³-hybridized carbons (Fsp3) is 0.133. The van der Waals surface area contributed by atoms with Crippen molar-refractivity contribution in [1.82, 2.24) is 10.2 Å². The molecular weight excluding hydrogens is 270 g/mol. The molecule has 106 valence electrons. The second kappa shape index (κ2) is 6.50. The third-order valence-electron chi connectivity index (χ3n) is 2.64. The molecule has 0 bridgehead atoms. The van der Waals surface area contributed by atoms with E-state index >= 15 is 0 Å². The predicted molar refractivity (Wildman–Crippen MR) is 78.0 cm³/mol. The van der Waals surface area contributed by atoms with E-state index in [2.05, 4.69) is 27.4 Å². The van der Waals surface area contributed by atoms with Gasteiger partial charge in [0, 0.05) is 11.6 Å². The van der Waals surface area contributed by atoms with Crippen molar-refractivity contribution in [2.24, 2.45) is 0 Å². The van der Waals surface area contributed by atoms with Gasteiger partial charge in [-0.3, -0.25) is 9.59 Å². The van der Waals surface area contributed by atoms with Crippen molar-refractivity contribution in [3.05, 3.63) is 57.5 Å². The summed E-state index contributed by atoms with van der Waals surface area (Å²) in [5.41, 5.74) is 1.81. The first-order valence-corrected chi connectivity index (χ1v) is 6.17. The molecule has 0 saturated carbocycles. The van der Waals surface area contributed by atoms with E-state index in [-0.39, 0.29) is 17.9 Å². The third-order valence-corrected chi connectivity index (χ3v) is 2.64. The van der Waals surface area contributed by atoms with Crippen molar-refractivity contribution in [3.8, 4) is 11.8 Å². The standard InChI is InChI=1S/C15H13N3O3/c1-10-4-5-12(11(9-10)3-2-8-19)16-15(21)13-6-7-14(20)18-17-13/h4-7,9,19H,8H2,1H3,(H,16,21)(H,18,20). The lowest BCUT2D eigenvalue weighted by Gasteiger charge is -2.07. The predicted octanol–water partition coefficient (Wildman–Crippen LogP) is 0.674. The molecule has 0 atom stereocenters. The highest BCUT2D eigenvalue weighted by Gasteiger charge is 2.10. The molecule has 6 heteroatoms. The average molecular weight is 283 g/mol. The first-order chi connectivity index (χ1) is 10.1. The number of carbonyl (C=O) groups excluding carboxylic acids is 1. The van der Waals surface area contributed by atoms with Crippen LogP contribution in [-0.2, 0) is 0 Å². The molecule has 3 N–H and O–H groups in total. The number of nitrogens with one attached hydrogen (secondary N) is 2. The van der Waals surface area contributed by atoms with Crippen LogP contribution in [0.2, 0.25) is 0 Å². The Bertz CT molecular complexity index is 764. The Hall–Kier alpha value is -2.91. The van der Waals surface area contributed by atoms with Gasteiger partial charge in [0.1, 0.15) is 12.3 Å². The largest absolute Gasteiger partial charge is 0.384 e. The van der Waals surface area contributed by atoms with Crippen molar-refractivity contribution in [1.29, 1.82) is 0 Å². The van der Waals surface area contributed by atoms with Crippen molar-refractivity contribution in [2.45, 2.75) is 6.92 Å². The van der Waals surface area contributed by atoms with E-state index in [1.807, 2.05) is 13.0 Å². The van der Waals surface area contributed by atoms with Crippen LogP contribution in [-0.4, -0.2) is 27.8 Å². The van der Waals surface area contributed by atoms with Gasteiger partial charge in [-0.15, -0.1) is 0 Å². The summed E-state index contributed by atoms with van der Waals surface area (Å²) < 4.78 is 0. The number of aliphatic hydroxyl groups excluding tert-OH is 1. The maximum absolute atomic E-state index is 12.0. The summed E-state index contributed by atoms with van der Waals surface area (Å²) in [6.45, 7) is 1.64. The molecule has 0 radical (unpaired) electrons. The van der Waals surface area contributed by atoms with E-state index in [1.165, 1.54) is 12.1 Å². The van der Waals surface area contributed by atoms with Crippen LogP contribution >= 0.6 is 0 Å². The highest BCUT2D eigenvalue weighted by molar-refractivity contribution is 6.03. The van der Waals surface area contributed by atoms with E-state index in [4.69, 9.17) is 5.11 Å². The number of amides is 1. The number of aryl methyl sites for hydroxylation is 1. The topological polar surface area (TPSA) is 95.1 Å². The molecule has 6 nitrogen and oxygen atoms in total. The summed E-state index contributed by atoms with van der Waals surface area (Å²) in [5, 5.41) is 17.3. The van der Waals surface area contributed by atoms with E-state index in [9.17, 15) is 9.59 Å². The minimum Gasteiger partial charge on any atom is -0.384 e. The van der Waals surface area contributed by atoms with Gasteiger partial charge in [-0.05, 0) is 30.7 Å². The average Bonchev–Trinajstić information content (AvgIpc) is 2.48. The molecule has 0 aliphatic rings. The number of hydrogen-bond donors (Lipinski definition) is 3. The maximum atomic E-state index is 12.0. The Morgan fingerprint density at radius 3 is 2.86 bits per heavy atom. The van der Waals surface area contributed by atoms with Crippen LogP contribution in [0.15, 0.2) is 35.1 Å². The number of benzene rings is 1. The number of aromatic amines is 1. The molecule has 1 amide bonds. The van der Waals surface area contributed by atoms with Crippen LogP contribution in [0.3, 0.4) is 0 Å².